The third-order valence-electron chi connectivity index (χ3n) is 12.8. The third-order valence-corrected chi connectivity index (χ3v) is 13.9. The van der Waals surface area contributed by atoms with Crippen LogP contribution in [-0.2, 0) is 0 Å². The van der Waals surface area contributed by atoms with Crippen LogP contribution in [0.4, 0.5) is 17.1 Å². The Hall–Kier alpha value is -8.18. The topological polar surface area (TPSA) is 21.3 Å². The monoisotopic (exact) mass is 834 g/mol. The van der Waals surface area contributed by atoms with Crippen LogP contribution in [0.3, 0.4) is 0 Å². The van der Waals surface area contributed by atoms with Gasteiger partial charge in [0, 0.05) is 70.0 Å². The van der Waals surface area contributed by atoms with Crippen molar-refractivity contribution in [3.05, 3.63) is 231 Å². The molecule has 0 unspecified atom stereocenters. The van der Waals surface area contributed by atoms with Crippen LogP contribution in [0.5, 0.6) is 0 Å². The van der Waals surface area contributed by atoms with Crippen LogP contribution in [-0.4, -0.2) is 4.57 Å². The van der Waals surface area contributed by atoms with Gasteiger partial charge in [-0.2, -0.15) is 0 Å². The summed E-state index contributed by atoms with van der Waals surface area (Å²) in [5, 5.41) is 7.26. The lowest BCUT2D eigenvalue weighted by atomic mass is 9.98. The summed E-state index contributed by atoms with van der Waals surface area (Å²) in [4.78, 5) is 2.41. The summed E-state index contributed by atoms with van der Waals surface area (Å²) in [6, 6.07) is 83.5. The maximum absolute atomic E-state index is 6.79. The zero-order valence-electron chi connectivity index (χ0n) is 34.7. The molecule has 13 aromatic rings. The number of fused-ring (bicyclic) bond motifs is 9. The van der Waals surface area contributed by atoms with Crippen molar-refractivity contribution < 1.29 is 4.42 Å². The summed E-state index contributed by atoms with van der Waals surface area (Å²) in [5.41, 5.74) is 15.2. The number of rotatable bonds is 7. The molecule has 0 spiro atoms. The fraction of sp³-hybridized carbons (Fsp3) is 0. The van der Waals surface area contributed by atoms with E-state index in [1.807, 2.05) is 11.3 Å². The molecule has 0 bridgehead atoms. The lowest BCUT2D eigenvalue weighted by Gasteiger charge is -2.27. The second-order valence-electron chi connectivity index (χ2n) is 16.5. The summed E-state index contributed by atoms with van der Waals surface area (Å²) in [6.45, 7) is 0. The smallest absolute Gasteiger partial charge is 0.143 e. The van der Waals surface area contributed by atoms with Crippen molar-refractivity contribution in [2.45, 2.75) is 0 Å². The number of para-hydroxylation sites is 3. The lowest BCUT2D eigenvalue weighted by molar-refractivity contribution is 0.670. The molecule has 3 aromatic heterocycles. The third kappa shape index (κ3) is 5.95. The van der Waals surface area contributed by atoms with Crippen molar-refractivity contribution in [2.75, 3.05) is 4.90 Å². The van der Waals surface area contributed by atoms with Crippen molar-refractivity contribution in [1.82, 2.24) is 4.57 Å². The predicted molar refractivity (Wildman–Crippen MR) is 272 cm³/mol. The van der Waals surface area contributed by atoms with Gasteiger partial charge in [-0.25, -0.2) is 0 Å². The Labute approximate surface area is 373 Å². The Bertz CT molecular complexity index is 3860. The minimum atomic E-state index is 0.869. The minimum Gasteiger partial charge on any atom is -0.455 e. The van der Waals surface area contributed by atoms with Gasteiger partial charge in [0.1, 0.15) is 11.2 Å². The van der Waals surface area contributed by atoms with Gasteiger partial charge in [0.15, 0.2) is 0 Å². The molecule has 0 saturated heterocycles. The molecule has 3 heterocycles. The fourth-order valence-corrected chi connectivity index (χ4v) is 10.9. The number of hydrogen-bond acceptors (Lipinski definition) is 3. The zero-order valence-corrected chi connectivity index (χ0v) is 35.5. The Morgan fingerprint density at radius 3 is 1.64 bits per heavy atom. The zero-order chi connectivity index (χ0) is 42.1. The van der Waals surface area contributed by atoms with Crippen LogP contribution in [0.15, 0.2) is 235 Å². The molecule has 0 atom stereocenters. The second-order valence-corrected chi connectivity index (χ2v) is 17.6. The standard InChI is InChI=1S/C60H38N2OS/c1-2-14-39(15-3-1)41-16-12-18-45(34-41)61(46-19-13-17-42(35-46)43-30-33-59-53(36-43)51-23-7-11-27-58(51)64-59)47-37-52(60-54(38-47)50-22-6-10-26-57(50)63-60)40-28-31-44(32-29-40)62-55-24-8-4-20-48(55)49-21-5-9-25-56(49)62/h1-38H. The molecular formula is C60H38N2OS. The maximum atomic E-state index is 6.79. The molecule has 3 nitrogen and oxygen atoms in total. The van der Waals surface area contributed by atoms with E-state index in [1.54, 1.807) is 0 Å². The van der Waals surface area contributed by atoms with Crippen molar-refractivity contribution in [3.8, 4) is 39.1 Å². The number of anilines is 3. The normalized spacial score (nSPS) is 11.8. The highest BCUT2D eigenvalue weighted by molar-refractivity contribution is 7.25. The minimum absolute atomic E-state index is 0.869. The second kappa shape index (κ2) is 14.7. The molecule has 4 heteroatoms. The number of thiophene rings is 1. The lowest BCUT2D eigenvalue weighted by Crippen LogP contribution is -2.10. The van der Waals surface area contributed by atoms with Crippen LogP contribution >= 0.6 is 11.3 Å². The van der Waals surface area contributed by atoms with Gasteiger partial charge in [-0.15, -0.1) is 11.3 Å². The van der Waals surface area contributed by atoms with Gasteiger partial charge in [0.25, 0.3) is 0 Å². The molecule has 0 aliphatic heterocycles. The first-order valence-corrected chi connectivity index (χ1v) is 22.6. The van der Waals surface area contributed by atoms with Gasteiger partial charge in [-0.3, -0.25) is 0 Å². The van der Waals surface area contributed by atoms with Gasteiger partial charge in [-0.1, -0.05) is 146 Å². The molecule has 0 saturated carbocycles. The Morgan fingerprint density at radius 2 is 0.906 bits per heavy atom. The average Bonchev–Trinajstić information content (AvgIpc) is 4.04. The van der Waals surface area contributed by atoms with E-state index in [0.29, 0.717) is 0 Å². The van der Waals surface area contributed by atoms with E-state index in [-0.39, 0.29) is 0 Å². The van der Waals surface area contributed by atoms with Gasteiger partial charge >= 0.3 is 0 Å². The quantitative estimate of drug-likeness (QED) is 0.159. The van der Waals surface area contributed by atoms with Gasteiger partial charge < -0.3 is 13.9 Å². The van der Waals surface area contributed by atoms with Crippen molar-refractivity contribution in [3.63, 3.8) is 0 Å². The summed E-state index contributed by atoms with van der Waals surface area (Å²) in [7, 11) is 0. The summed E-state index contributed by atoms with van der Waals surface area (Å²) < 4.78 is 11.8. The summed E-state index contributed by atoms with van der Waals surface area (Å²) >= 11 is 1.85. The van der Waals surface area contributed by atoms with Crippen LogP contribution in [0.1, 0.15) is 0 Å². The average molecular weight is 835 g/mol. The highest BCUT2D eigenvalue weighted by Gasteiger charge is 2.21. The fourth-order valence-electron chi connectivity index (χ4n) is 9.78. The van der Waals surface area contributed by atoms with Crippen molar-refractivity contribution in [2.24, 2.45) is 0 Å². The van der Waals surface area contributed by atoms with Crippen molar-refractivity contribution >= 4 is 92.3 Å². The van der Waals surface area contributed by atoms with Crippen molar-refractivity contribution in [1.29, 1.82) is 0 Å². The highest BCUT2D eigenvalue weighted by atomic mass is 32.1. The van der Waals surface area contributed by atoms with Crippen LogP contribution < -0.4 is 4.90 Å². The molecule has 0 amide bonds. The van der Waals surface area contributed by atoms with E-state index in [0.717, 1.165) is 66.9 Å². The number of furan rings is 1. The first kappa shape index (κ1) is 36.5. The molecule has 13 rings (SSSR count). The van der Waals surface area contributed by atoms with Gasteiger partial charge in [0.2, 0.25) is 0 Å². The van der Waals surface area contributed by atoms with E-state index in [9.17, 15) is 0 Å². The molecule has 0 aliphatic rings. The molecule has 0 fully saturated rings. The van der Waals surface area contributed by atoms with Crippen LogP contribution in [0.25, 0.3) is 103 Å². The first-order valence-electron chi connectivity index (χ1n) is 21.7. The van der Waals surface area contributed by atoms with Crippen LogP contribution in [0, 0.1) is 0 Å². The molecule has 64 heavy (non-hydrogen) atoms. The van der Waals surface area contributed by atoms with E-state index >= 15 is 0 Å². The summed E-state index contributed by atoms with van der Waals surface area (Å²) in [6.07, 6.45) is 0. The molecule has 0 radical (unpaired) electrons. The van der Waals surface area contributed by atoms with E-state index in [4.69, 9.17) is 4.42 Å². The largest absolute Gasteiger partial charge is 0.455 e. The number of benzene rings is 10. The Balaban J connectivity index is 1.01. The number of aromatic nitrogens is 1. The van der Waals surface area contributed by atoms with Crippen LogP contribution in [0.2, 0.25) is 0 Å². The molecular weight excluding hydrogens is 797 g/mol. The summed E-state index contributed by atoms with van der Waals surface area (Å²) in [5.74, 6) is 0. The maximum Gasteiger partial charge on any atom is 0.143 e. The predicted octanol–water partition coefficient (Wildman–Crippen LogP) is 17.5. The van der Waals surface area contributed by atoms with Gasteiger partial charge in [-0.05, 0) is 113 Å². The van der Waals surface area contributed by atoms with Gasteiger partial charge in [0.05, 0.1) is 11.0 Å². The molecule has 0 N–H and O–H groups in total. The molecule has 10 aromatic carbocycles. The highest BCUT2D eigenvalue weighted by Crippen LogP contribution is 2.45. The molecule has 0 aliphatic carbocycles. The number of nitrogens with zero attached hydrogens (tertiary/aromatic N) is 2. The Morgan fingerprint density at radius 1 is 0.344 bits per heavy atom. The SMILES string of the molecule is c1ccc(-c2cccc(N(c3cccc(-c4ccc5sc6ccccc6c5c4)c3)c3cc(-c4ccc(-n5c6ccccc6c6ccccc65)cc4)c4oc5ccccc5c4c3)c2)cc1. The Kier molecular flexibility index (Phi) is 8.40. The van der Waals surface area contributed by atoms with E-state index in [2.05, 4.69) is 240 Å². The number of hydrogen-bond donors (Lipinski definition) is 0. The molecule has 300 valence electrons. The first-order chi connectivity index (χ1) is 31.7. The van der Waals surface area contributed by atoms with E-state index in [1.165, 1.54) is 53.1 Å². The van der Waals surface area contributed by atoms with E-state index < -0.39 is 0 Å².